The first-order valence-electron chi connectivity index (χ1n) is 37.0. The summed E-state index contributed by atoms with van der Waals surface area (Å²) in [6.07, 6.45) is -4.47. The fourth-order valence-electron chi connectivity index (χ4n) is 11.7. The van der Waals surface area contributed by atoms with Crippen molar-refractivity contribution < 1.29 is 83.5 Å². The van der Waals surface area contributed by atoms with Crippen LogP contribution in [0.3, 0.4) is 0 Å². The number of esters is 1. The Morgan fingerprint density at radius 2 is 0.656 bits per heavy atom. The van der Waals surface area contributed by atoms with E-state index in [4.69, 9.17) is 35.2 Å². The lowest BCUT2D eigenvalue weighted by molar-refractivity contribution is -0.384. The van der Waals surface area contributed by atoms with E-state index in [1.54, 1.807) is 91.0 Å². The number of hydrogen-bond donors (Lipinski definition) is 1. The molecule has 0 spiro atoms. The van der Waals surface area contributed by atoms with Crippen molar-refractivity contribution in [1.82, 2.24) is 0 Å². The number of rotatable bonds is 15. The van der Waals surface area contributed by atoms with Gasteiger partial charge in [-0.15, -0.1) is 0 Å². The zero-order valence-corrected chi connectivity index (χ0v) is 68.5. The molecule has 10 aromatic carbocycles. The van der Waals surface area contributed by atoms with Crippen LogP contribution in [0, 0.1) is 50.4 Å². The minimum Gasteiger partial charge on any atom is -0.465 e. The molecule has 5 aromatic heterocycles. The van der Waals surface area contributed by atoms with Gasteiger partial charge in [0.2, 0.25) is 27.8 Å². The smallest absolute Gasteiger partial charge is 0.416 e. The number of nitrogens with one attached hydrogen (secondary N) is 1. The first kappa shape index (κ1) is 89.1. The van der Waals surface area contributed by atoms with Crippen LogP contribution in [-0.4, -0.2) is 63.8 Å². The Labute approximate surface area is 712 Å². The van der Waals surface area contributed by atoms with Gasteiger partial charge in [-0.1, -0.05) is 45.8 Å². The lowest BCUT2D eigenvalue weighted by Gasteiger charge is -2.06. The fraction of sp³-hybridized carbons (Fsp3) is 0.0978. The average molecular weight is 1750 g/mol. The summed E-state index contributed by atoms with van der Waals surface area (Å²) in [6, 6.07) is 63.0. The largest absolute Gasteiger partial charge is 0.465 e. The maximum atomic E-state index is 12.6. The number of nitrogens with zero attached hydrogens (tertiary/aromatic N) is 10. The predicted molar refractivity (Wildman–Crippen MR) is 460 cm³/mol. The van der Waals surface area contributed by atoms with E-state index in [1.807, 2.05) is 74.6 Å². The van der Waals surface area contributed by atoms with Gasteiger partial charge in [-0.2, -0.15) is 13.2 Å². The van der Waals surface area contributed by atoms with Crippen molar-refractivity contribution >= 4 is 168 Å². The van der Waals surface area contributed by atoms with Crippen molar-refractivity contribution in [3.8, 4) is 0 Å². The maximum Gasteiger partial charge on any atom is 0.416 e. The summed E-state index contributed by atoms with van der Waals surface area (Å²) in [7, 11) is 3.11. The van der Waals surface area contributed by atoms with Gasteiger partial charge in [-0.25, -0.2) is 39.4 Å². The minimum absolute atomic E-state index is 0.0582. The second-order valence-electron chi connectivity index (χ2n) is 27.0. The van der Waals surface area contributed by atoms with Gasteiger partial charge in [0, 0.05) is 80.5 Å². The molecule has 15 rings (SSSR count). The van der Waals surface area contributed by atoms with Crippen molar-refractivity contribution in [3.63, 3.8) is 0 Å². The number of halogens is 4. The molecule has 0 aliphatic heterocycles. The molecule has 0 unspecified atom stereocenters. The van der Waals surface area contributed by atoms with Gasteiger partial charge >= 0.3 is 12.1 Å². The van der Waals surface area contributed by atoms with Crippen molar-refractivity contribution in [2.45, 2.75) is 47.7 Å². The number of hydrogen-bond acceptors (Lipinski definition) is 24. The molecule has 0 aliphatic rings. The topological polar surface area (TPSA) is 389 Å². The number of alkyl halides is 3. The number of nitro benzene ring substituents is 3. The SMILES string of the molecule is CC(=O)c1cc2cc([N+](=O)[O-])ccc2oc1=Nc1ccc(C(F)(F)F)cc1.CNc1ccc(N=c2oc3ccc([N+](=O)[O-])cc3cc2C(C)=O)cc1.COC(=O)c1ccc(N=c2oc3ccc([N+](=O)[O-])cc3cc2C(C)=O)cc1.[C-]#[N+]c1ccc2oc(=Nc3ccc(Br)cc3)c(C(C)=O)cc2c1.[C-]#[N+]c1ccc2oc(=Nc3ccc(C)cc3)c(C(C)=O)cc2c1. The first-order chi connectivity index (χ1) is 59.6. The Balaban J connectivity index is 0.000000152. The third-order valence-corrected chi connectivity index (χ3v) is 18.6. The second-order valence-corrected chi connectivity index (χ2v) is 27.9. The zero-order valence-electron chi connectivity index (χ0n) is 66.9. The number of aryl methyl sites for hydroxylation is 1. The van der Waals surface area contributed by atoms with Gasteiger partial charge < -0.3 is 32.1 Å². The van der Waals surface area contributed by atoms with E-state index in [2.05, 4.69) is 60.6 Å². The normalized spacial score (nSPS) is 11.6. The molecule has 0 atom stereocenters. The molecule has 5 heterocycles. The molecule has 0 amide bonds. The van der Waals surface area contributed by atoms with Gasteiger partial charge in [0.15, 0.2) is 40.3 Å². The highest BCUT2D eigenvalue weighted by atomic mass is 79.9. The number of fused-ring (bicyclic) bond motifs is 5. The van der Waals surface area contributed by atoms with Crippen molar-refractivity contribution in [2.75, 3.05) is 19.5 Å². The molecule has 0 saturated carbocycles. The number of carbonyl (C=O) groups is 6. The van der Waals surface area contributed by atoms with Crippen LogP contribution in [0.5, 0.6) is 0 Å². The Morgan fingerprint density at radius 1 is 0.392 bits per heavy atom. The molecular weight excluding hydrogens is 1680 g/mol. The van der Waals surface area contributed by atoms with Crippen LogP contribution in [-0.2, 0) is 10.9 Å². The highest BCUT2D eigenvalue weighted by Gasteiger charge is 2.30. The van der Waals surface area contributed by atoms with Crippen molar-refractivity contribution in [3.05, 3.63) is 373 Å². The molecule has 15 aromatic rings. The summed E-state index contributed by atoms with van der Waals surface area (Å²) in [4.78, 5) is 131. The summed E-state index contributed by atoms with van der Waals surface area (Å²) in [6.45, 7) is 23.1. The molecule has 1 N–H and O–H groups in total. The molecule has 0 fully saturated rings. The maximum absolute atomic E-state index is 12.6. The number of carbonyl (C=O) groups excluding carboxylic acids is 6. The number of methoxy groups -OCH3 is 1. The standard InChI is InChI=1S/C19H14N2O6.C19H14N2O2.C18H11BrN2O2.C18H11F3N2O4.C18H15N3O4/c1-11(22)16-10-13-9-15(21(24)25)7-8-17(13)27-18(16)20-14-5-3-12(4-6-14)19(23)26-2;1-12-4-6-15(7-5-12)21-19-17(13(2)22)11-14-10-16(20-3)8-9-18(14)23-19;1-11(22)16-10-12-9-15(20-2)7-8-17(12)23-18(16)21-14-5-3-13(19)4-6-14;1-10(24)15-9-11-8-14(23(25)26)6-7-16(11)27-17(15)22-13-4-2-12(3-5-13)18(19,20)21;1-11(22)16-10-12-9-15(21(23)24)7-8-17(12)25-18(16)20-14-5-3-13(19-2)4-6-14/h3-10H,1-2H3;4-11H,1-2H3;3-10H,1H3;2-9H,1H3;3-10,19H,1-2H3. The molecule has 0 bridgehead atoms. The van der Waals surface area contributed by atoms with Gasteiger partial charge in [-0.3, -0.25) is 54.3 Å². The van der Waals surface area contributed by atoms with Crippen LogP contribution in [0.25, 0.3) is 64.5 Å². The fourth-order valence-corrected chi connectivity index (χ4v) is 11.9. The minimum atomic E-state index is -4.47. The summed E-state index contributed by atoms with van der Waals surface area (Å²) in [5, 5.41) is 38.4. The molecule has 29 nitrogen and oxygen atoms in total. The van der Waals surface area contributed by atoms with E-state index >= 15 is 0 Å². The van der Waals surface area contributed by atoms with E-state index in [9.17, 15) is 72.3 Å². The van der Waals surface area contributed by atoms with Crippen LogP contribution >= 0.6 is 15.9 Å². The first-order valence-corrected chi connectivity index (χ1v) is 37.8. The van der Waals surface area contributed by atoms with E-state index in [0.717, 1.165) is 45.7 Å². The summed E-state index contributed by atoms with van der Waals surface area (Å²) < 4.78 is 72.1. The van der Waals surface area contributed by atoms with E-state index in [-0.39, 0.29) is 95.9 Å². The Kier molecular flexibility index (Phi) is 28.1. The predicted octanol–water partition coefficient (Wildman–Crippen LogP) is 22.1. The monoisotopic (exact) mass is 1750 g/mol. The summed E-state index contributed by atoms with van der Waals surface area (Å²) in [5.74, 6) is -1.67. The number of non-ortho nitro benzene ring substituents is 3. The van der Waals surface area contributed by atoms with Gasteiger partial charge in [0.1, 0.15) is 27.9 Å². The second kappa shape index (κ2) is 39.5. The highest BCUT2D eigenvalue weighted by Crippen LogP contribution is 2.32. The summed E-state index contributed by atoms with van der Waals surface area (Å²) >= 11 is 3.37. The number of ketones is 5. The number of anilines is 1. The molecule has 624 valence electrons. The molecule has 0 radical (unpaired) electrons. The summed E-state index contributed by atoms with van der Waals surface area (Å²) in [5.41, 5.74) is 9.18. The van der Waals surface area contributed by atoms with Gasteiger partial charge in [0.25, 0.3) is 17.1 Å². The zero-order chi connectivity index (χ0) is 90.1. The van der Waals surface area contributed by atoms with E-state index in [0.29, 0.717) is 94.4 Å². The molecular formula is C92H65BrF3N11O18. The van der Waals surface area contributed by atoms with E-state index < -0.39 is 38.3 Å². The van der Waals surface area contributed by atoms with Crippen LogP contribution < -0.4 is 33.1 Å². The Bertz CT molecular complexity index is 7170. The highest BCUT2D eigenvalue weighted by molar-refractivity contribution is 9.10. The lowest BCUT2D eigenvalue weighted by Crippen LogP contribution is -2.13. The number of nitro groups is 3. The number of Topliss-reactive ketones (excluding diaryl/α,β-unsaturated/α-hetero) is 5. The third kappa shape index (κ3) is 22.8. The lowest BCUT2D eigenvalue weighted by atomic mass is 10.1. The number of ether oxygens (including phenoxy) is 1. The van der Waals surface area contributed by atoms with Gasteiger partial charge in [-0.05, 0) is 224 Å². The molecule has 125 heavy (non-hydrogen) atoms. The molecule has 0 saturated heterocycles. The van der Waals surface area contributed by atoms with Gasteiger partial charge in [0.05, 0.1) is 102 Å². The average Bonchev–Trinajstić information content (AvgIpc) is 0.811. The Hall–Kier alpha value is -16.7. The van der Waals surface area contributed by atoms with Crippen LogP contribution in [0.1, 0.15) is 108 Å². The Morgan fingerprint density at radius 3 is 0.920 bits per heavy atom. The van der Waals surface area contributed by atoms with Crippen molar-refractivity contribution in [2.24, 2.45) is 25.0 Å². The number of benzene rings is 10. The van der Waals surface area contributed by atoms with Crippen LogP contribution in [0.15, 0.2) is 294 Å². The van der Waals surface area contributed by atoms with E-state index in [1.165, 1.54) is 108 Å². The van der Waals surface area contributed by atoms with Crippen LogP contribution in [0.2, 0.25) is 0 Å². The molecule has 0 aliphatic carbocycles. The third-order valence-electron chi connectivity index (χ3n) is 18.1. The quantitative estimate of drug-likeness (QED) is 0.0327. The van der Waals surface area contributed by atoms with Crippen molar-refractivity contribution in [1.29, 1.82) is 0 Å². The van der Waals surface area contributed by atoms with Crippen LogP contribution in [0.4, 0.5) is 75.7 Å². The molecule has 33 heteroatoms.